The molecule has 0 bridgehead atoms. The number of rotatable bonds is 9. The molecule has 0 fully saturated rings. The van der Waals surface area contributed by atoms with Crippen molar-refractivity contribution < 1.29 is 31.5 Å². The smallest absolute Gasteiger partial charge is 0.473 e. The molecule has 0 atom stereocenters. The van der Waals surface area contributed by atoms with E-state index in [-0.39, 0.29) is 12.6 Å². The summed E-state index contributed by atoms with van der Waals surface area (Å²) in [5, 5.41) is 3.80. The Labute approximate surface area is 267 Å². The van der Waals surface area contributed by atoms with Gasteiger partial charge in [0.05, 0.1) is 12.6 Å². The molecule has 4 nitrogen and oxygen atoms in total. The van der Waals surface area contributed by atoms with E-state index >= 15 is 0 Å². The number of anilines is 1. The van der Waals surface area contributed by atoms with Crippen molar-refractivity contribution in [2.24, 2.45) is 0 Å². The molecule has 46 heavy (non-hydrogen) atoms. The van der Waals surface area contributed by atoms with E-state index in [1.54, 1.807) is 0 Å². The first-order valence-electron chi connectivity index (χ1n) is 14.8. The van der Waals surface area contributed by atoms with Crippen molar-refractivity contribution in [2.75, 3.05) is 17.8 Å². The largest absolute Gasteiger partial charge is 0.673 e. The zero-order valence-corrected chi connectivity index (χ0v) is 25.9. The third kappa shape index (κ3) is 8.55. The average Bonchev–Trinajstić information content (AvgIpc) is 3.08. The lowest BCUT2D eigenvalue weighted by Crippen LogP contribution is -2.34. The van der Waals surface area contributed by atoms with Gasteiger partial charge in [0.2, 0.25) is 0 Å². The highest BCUT2D eigenvalue weighted by atomic mass is 31.2. The Hall–Kier alpha value is -4.62. The van der Waals surface area contributed by atoms with Gasteiger partial charge in [-0.2, -0.15) is 0 Å². The van der Waals surface area contributed by atoms with Crippen LogP contribution in [0.15, 0.2) is 140 Å². The van der Waals surface area contributed by atoms with Gasteiger partial charge >= 0.3 is 13.2 Å². The molecule has 0 N–H and O–H groups in total. The summed E-state index contributed by atoms with van der Waals surface area (Å²) in [4.78, 5) is 15.4. The number of ether oxygens (including phenoxy) is 2. The highest BCUT2D eigenvalue weighted by molar-refractivity contribution is 7.95. The van der Waals surface area contributed by atoms with Crippen LogP contribution >= 0.6 is 7.26 Å². The van der Waals surface area contributed by atoms with Gasteiger partial charge in [0.15, 0.2) is 6.73 Å². The summed E-state index contributed by atoms with van der Waals surface area (Å²) in [5.41, 5.74) is 3.18. The molecule has 5 aromatic carbocycles. The molecule has 1 aliphatic rings. The number of halogens is 4. The van der Waals surface area contributed by atoms with Crippen LogP contribution in [0.3, 0.4) is 0 Å². The van der Waals surface area contributed by atoms with E-state index in [1.807, 2.05) is 48.5 Å². The molecule has 0 radical (unpaired) electrons. The first-order valence-corrected chi connectivity index (χ1v) is 16.8. The van der Waals surface area contributed by atoms with E-state index in [9.17, 15) is 22.1 Å². The van der Waals surface area contributed by atoms with Gasteiger partial charge in [-0.1, -0.05) is 78.9 Å². The molecule has 6 rings (SSSR count). The van der Waals surface area contributed by atoms with Gasteiger partial charge in [0, 0.05) is 17.8 Å². The second kappa shape index (κ2) is 15.1. The zero-order chi connectivity index (χ0) is 32.4. The second-order valence-corrected chi connectivity index (χ2v) is 14.3. The fourth-order valence-corrected chi connectivity index (χ4v) is 9.80. The molecule has 236 valence electrons. The van der Waals surface area contributed by atoms with E-state index in [0.717, 1.165) is 29.1 Å². The fourth-order valence-electron chi connectivity index (χ4n) is 5.57. The van der Waals surface area contributed by atoms with Crippen molar-refractivity contribution in [3.63, 3.8) is 0 Å². The van der Waals surface area contributed by atoms with Gasteiger partial charge < -0.3 is 31.6 Å². The summed E-state index contributed by atoms with van der Waals surface area (Å²) in [5.74, 6) is 0.701. The molecular weight excluding hydrogens is 612 g/mol. The molecule has 0 saturated carbocycles. The number of nitrogens with zero attached hydrogens (tertiary/aromatic N) is 1. The predicted molar refractivity (Wildman–Crippen MR) is 179 cm³/mol. The lowest BCUT2D eigenvalue weighted by atomic mass is 10.1. The van der Waals surface area contributed by atoms with Gasteiger partial charge in [0.25, 0.3) is 0 Å². The molecule has 1 heterocycles. The van der Waals surface area contributed by atoms with Gasteiger partial charge in [-0.05, 0) is 66.2 Å². The average molecular weight is 645 g/mol. The first kappa shape index (κ1) is 32.8. The summed E-state index contributed by atoms with van der Waals surface area (Å²) in [6, 6.07) is 48.2. The van der Waals surface area contributed by atoms with Crippen LogP contribution in [-0.4, -0.2) is 26.1 Å². The number of hydrogen-bond donors (Lipinski definition) is 0. The Morgan fingerprint density at radius 2 is 1.20 bits per heavy atom. The van der Waals surface area contributed by atoms with Crippen molar-refractivity contribution in [1.29, 1.82) is 0 Å². The maximum Gasteiger partial charge on any atom is 0.673 e. The number of carbonyl (C=O) groups is 1. The Morgan fingerprint density at radius 3 is 1.70 bits per heavy atom. The minimum Gasteiger partial charge on any atom is -0.473 e. The van der Waals surface area contributed by atoms with Crippen molar-refractivity contribution in [3.8, 4) is 5.75 Å². The summed E-state index contributed by atoms with van der Waals surface area (Å²) < 4.78 is 50.9. The molecule has 0 saturated heterocycles. The minimum atomic E-state index is -6.00. The summed E-state index contributed by atoms with van der Waals surface area (Å²) >= 11 is 0. The molecule has 0 amide bonds. The van der Waals surface area contributed by atoms with E-state index in [0.29, 0.717) is 19.3 Å². The normalized spacial score (nSPS) is 12.7. The maximum atomic E-state index is 13.2. The van der Waals surface area contributed by atoms with E-state index in [2.05, 4.69) is 95.9 Å². The van der Waals surface area contributed by atoms with Gasteiger partial charge in [0.1, 0.15) is 35.5 Å². The van der Waals surface area contributed by atoms with Crippen LogP contribution in [0.4, 0.5) is 23.0 Å². The van der Waals surface area contributed by atoms with E-state index < -0.39 is 14.5 Å². The maximum absolute atomic E-state index is 13.2. The van der Waals surface area contributed by atoms with Crippen molar-refractivity contribution in [1.82, 2.24) is 0 Å². The summed E-state index contributed by atoms with van der Waals surface area (Å²) in [7, 11) is -8.08. The van der Waals surface area contributed by atoms with Crippen molar-refractivity contribution in [2.45, 2.75) is 19.6 Å². The van der Waals surface area contributed by atoms with Crippen LogP contribution < -0.4 is 25.6 Å². The van der Waals surface area contributed by atoms with Crippen LogP contribution in [-0.2, 0) is 22.7 Å². The summed E-state index contributed by atoms with van der Waals surface area (Å²) in [6.07, 6.45) is 1.04. The Bertz CT molecular complexity index is 1590. The Kier molecular flexibility index (Phi) is 10.8. The van der Waals surface area contributed by atoms with Crippen molar-refractivity contribution in [3.05, 3.63) is 151 Å². The fraction of sp³-hybridized carbons (Fsp3) is 0.139. The monoisotopic (exact) mass is 645 g/mol. The molecule has 5 aromatic rings. The third-order valence-electron chi connectivity index (χ3n) is 7.63. The zero-order valence-electron chi connectivity index (χ0n) is 25.0. The molecule has 0 spiro atoms. The number of fused-ring (bicyclic) bond motifs is 1. The van der Waals surface area contributed by atoms with Crippen LogP contribution in [0.1, 0.15) is 17.5 Å². The van der Waals surface area contributed by atoms with Crippen LogP contribution in [0, 0.1) is 0 Å². The van der Waals surface area contributed by atoms with Crippen LogP contribution in [0.5, 0.6) is 5.75 Å². The molecular formula is C36H33BF4NO3P. The molecule has 1 aliphatic heterocycles. The summed E-state index contributed by atoms with van der Waals surface area (Å²) in [6.45, 7) is 1.50. The topological polar surface area (TPSA) is 38.8 Å². The Morgan fingerprint density at radius 1 is 0.717 bits per heavy atom. The molecule has 0 aliphatic carbocycles. The standard InChI is InChI=1S/C36H33NO3P.BF4/c38-36(39-27-29-21-22-35-30(25-29)26-37(28-40-35)31-13-5-1-6-14-31)23-24-41(32-15-7-2-8-16-32,33-17-9-3-10-18-33)34-19-11-4-12-20-34;2-1(3,4)5/h1-22,25H,23-24,26-28H2;/q+1;-1. The number of carbonyl (C=O) groups excluding carboxylic acids is 1. The molecule has 0 aromatic heterocycles. The lowest BCUT2D eigenvalue weighted by Gasteiger charge is -2.31. The number of hydrogen-bond acceptors (Lipinski definition) is 4. The Balaban J connectivity index is 0.000000775. The predicted octanol–water partition coefficient (Wildman–Crippen LogP) is 7.77. The number of para-hydroxylation sites is 1. The van der Waals surface area contributed by atoms with E-state index in [4.69, 9.17) is 9.47 Å². The third-order valence-corrected chi connectivity index (χ3v) is 12.1. The van der Waals surface area contributed by atoms with Gasteiger partial charge in [-0.25, -0.2) is 0 Å². The van der Waals surface area contributed by atoms with Crippen LogP contribution in [0.25, 0.3) is 0 Å². The van der Waals surface area contributed by atoms with Gasteiger partial charge in [-0.15, -0.1) is 0 Å². The highest BCUT2D eigenvalue weighted by Gasteiger charge is 2.45. The number of esters is 1. The van der Waals surface area contributed by atoms with E-state index in [1.165, 1.54) is 15.9 Å². The van der Waals surface area contributed by atoms with Gasteiger partial charge in [-0.3, -0.25) is 4.79 Å². The second-order valence-electron chi connectivity index (χ2n) is 10.7. The highest BCUT2D eigenvalue weighted by Crippen LogP contribution is 2.55. The van der Waals surface area contributed by atoms with Crippen LogP contribution in [0.2, 0.25) is 0 Å². The molecule has 0 unspecified atom stereocenters. The molecule has 10 heteroatoms. The minimum absolute atomic E-state index is 0.183. The lowest BCUT2D eigenvalue weighted by molar-refractivity contribution is -0.144. The SMILES string of the molecule is F[B-](F)(F)F.O=C(CC[P+](c1ccccc1)(c1ccccc1)c1ccccc1)OCc1ccc2c(c1)CN(c1ccccc1)CO2. The van der Waals surface area contributed by atoms with Crippen molar-refractivity contribution >= 4 is 42.1 Å². The quantitative estimate of drug-likeness (QED) is 0.0711. The first-order chi connectivity index (χ1) is 22.2. The number of benzene rings is 5.